The van der Waals surface area contributed by atoms with Crippen LogP contribution in [-0.4, -0.2) is 35.8 Å². The van der Waals surface area contributed by atoms with Crippen molar-refractivity contribution in [3.05, 3.63) is 99.2 Å². The maximum Gasteiger partial charge on any atom is 0.337 e. The van der Waals surface area contributed by atoms with Crippen molar-refractivity contribution in [3.63, 3.8) is 0 Å². The van der Waals surface area contributed by atoms with E-state index in [0.29, 0.717) is 37.7 Å². The van der Waals surface area contributed by atoms with Crippen LogP contribution in [0.25, 0.3) is 6.08 Å². The first-order valence-electron chi connectivity index (χ1n) is 11.0. The lowest BCUT2D eigenvalue weighted by atomic mass is 10.2. The zero-order valence-electron chi connectivity index (χ0n) is 19.8. The maximum atomic E-state index is 13.3. The molecule has 7 nitrogen and oxygen atoms in total. The van der Waals surface area contributed by atoms with Crippen LogP contribution in [0.4, 0.5) is 11.4 Å². The van der Waals surface area contributed by atoms with E-state index in [4.69, 9.17) is 23.2 Å². The molecule has 3 aromatic carbocycles. The Kier molecular flexibility index (Phi) is 8.33. The first kappa shape index (κ1) is 26.5. The van der Waals surface area contributed by atoms with Crippen molar-refractivity contribution in [2.45, 2.75) is 6.92 Å². The molecule has 37 heavy (non-hydrogen) atoms. The number of hydrogen-bond donors (Lipinski definition) is 1. The number of aryl methyl sites for hydroxylation is 1. The fraction of sp³-hybridized carbons (Fsp3) is 0.111. The SMILES string of the molecule is COC(=O)c1ccc(NC(=O)CSC2=N/C(=C/c3ccc(Cl)c(Cl)c3)C(=O)N2c2ccc(C)cc2)cc1. The Balaban J connectivity index is 1.53. The molecule has 0 bridgehead atoms. The molecule has 1 N–H and O–H groups in total. The molecule has 0 fully saturated rings. The summed E-state index contributed by atoms with van der Waals surface area (Å²) in [6.45, 7) is 1.96. The number of amides is 2. The molecule has 1 heterocycles. The lowest BCUT2D eigenvalue weighted by Crippen LogP contribution is -2.31. The van der Waals surface area contributed by atoms with Gasteiger partial charge in [-0.1, -0.05) is 58.7 Å². The first-order chi connectivity index (χ1) is 17.7. The number of carbonyl (C=O) groups excluding carboxylic acids is 3. The number of aliphatic imine (C=N–C) groups is 1. The van der Waals surface area contributed by atoms with Gasteiger partial charge in [0.05, 0.1) is 34.2 Å². The standard InChI is InChI=1S/C27H21Cl2N3O4S/c1-16-3-10-20(11-4-16)32-25(34)23(14-17-5-12-21(28)22(29)13-17)31-27(32)37-15-24(33)30-19-8-6-18(7-9-19)26(35)36-2/h3-14H,15H2,1-2H3,(H,30,33)/b23-14+. The van der Waals surface area contributed by atoms with Crippen LogP contribution in [0.1, 0.15) is 21.5 Å². The van der Waals surface area contributed by atoms with Crippen LogP contribution >= 0.6 is 35.0 Å². The average Bonchev–Trinajstić information content (AvgIpc) is 3.20. The molecule has 0 aromatic heterocycles. The predicted octanol–water partition coefficient (Wildman–Crippen LogP) is 6.20. The van der Waals surface area contributed by atoms with Crippen molar-refractivity contribution >= 4 is 75.4 Å². The number of rotatable bonds is 6. The van der Waals surface area contributed by atoms with Gasteiger partial charge in [0.1, 0.15) is 5.70 Å². The summed E-state index contributed by atoms with van der Waals surface area (Å²) in [5.41, 5.74) is 3.47. The van der Waals surface area contributed by atoms with Gasteiger partial charge in [-0.3, -0.25) is 14.5 Å². The normalized spacial score (nSPS) is 14.1. The second-order valence-corrected chi connectivity index (χ2v) is 9.74. The molecule has 0 unspecified atom stereocenters. The van der Waals surface area contributed by atoms with E-state index in [2.05, 4.69) is 15.0 Å². The van der Waals surface area contributed by atoms with Crippen molar-refractivity contribution in [2.24, 2.45) is 4.99 Å². The summed E-state index contributed by atoms with van der Waals surface area (Å²) in [5.74, 6) is -1.07. The Morgan fingerprint density at radius 3 is 2.38 bits per heavy atom. The number of methoxy groups -OCH3 is 1. The van der Waals surface area contributed by atoms with Crippen molar-refractivity contribution < 1.29 is 19.1 Å². The molecule has 2 amide bonds. The van der Waals surface area contributed by atoms with Gasteiger partial charge in [0.15, 0.2) is 5.17 Å². The predicted molar refractivity (Wildman–Crippen MR) is 149 cm³/mol. The third-order valence-electron chi connectivity index (χ3n) is 5.29. The third kappa shape index (κ3) is 6.40. The van der Waals surface area contributed by atoms with Crippen LogP contribution in [0.3, 0.4) is 0 Å². The fourth-order valence-electron chi connectivity index (χ4n) is 3.41. The van der Waals surface area contributed by atoms with E-state index in [1.165, 1.54) is 12.0 Å². The number of amidine groups is 1. The van der Waals surface area contributed by atoms with E-state index in [-0.39, 0.29) is 23.3 Å². The summed E-state index contributed by atoms with van der Waals surface area (Å²) in [4.78, 5) is 43.6. The summed E-state index contributed by atoms with van der Waals surface area (Å²) >= 11 is 13.3. The number of thioether (sulfide) groups is 1. The molecule has 0 aliphatic carbocycles. The van der Waals surface area contributed by atoms with Gasteiger partial charge >= 0.3 is 5.97 Å². The van der Waals surface area contributed by atoms with Crippen molar-refractivity contribution in [2.75, 3.05) is 23.1 Å². The lowest BCUT2D eigenvalue weighted by Gasteiger charge is -2.18. The molecule has 188 valence electrons. The molecule has 3 aromatic rings. The monoisotopic (exact) mass is 553 g/mol. The van der Waals surface area contributed by atoms with E-state index >= 15 is 0 Å². The van der Waals surface area contributed by atoms with Crippen LogP contribution < -0.4 is 10.2 Å². The van der Waals surface area contributed by atoms with Gasteiger partial charge in [-0.25, -0.2) is 9.79 Å². The van der Waals surface area contributed by atoms with Crippen LogP contribution in [0.2, 0.25) is 10.0 Å². The van der Waals surface area contributed by atoms with Gasteiger partial charge < -0.3 is 10.1 Å². The second kappa shape index (κ2) is 11.6. The van der Waals surface area contributed by atoms with Crippen LogP contribution in [-0.2, 0) is 14.3 Å². The Morgan fingerprint density at radius 2 is 1.73 bits per heavy atom. The van der Waals surface area contributed by atoms with Crippen molar-refractivity contribution in [1.82, 2.24) is 0 Å². The summed E-state index contributed by atoms with van der Waals surface area (Å²) < 4.78 is 4.68. The van der Waals surface area contributed by atoms with E-state index in [0.717, 1.165) is 17.3 Å². The molecular formula is C27H21Cl2N3O4S. The first-order valence-corrected chi connectivity index (χ1v) is 12.8. The van der Waals surface area contributed by atoms with E-state index in [1.807, 2.05) is 31.2 Å². The maximum absolute atomic E-state index is 13.3. The summed E-state index contributed by atoms with van der Waals surface area (Å²) in [7, 11) is 1.30. The average molecular weight is 554 g/mol. The highest BCUT2D eigenvalue weighted by molar-refractivity contribution is 8.14. The fourth-order valence-corrected chi connectivity index (χ4v) is 4.53. The highest BCUT2D eigenvalue weighted by Gasteiger charge is 2.32. The highest BCUT2D eigenvalue weighted by Crippen LogP contribution is 2.31. The molecular weight excluding hydrogens is 533 g/mol. The number of ether oxygens (including phenoxy) is 1. The number of nitrogens with one attached hydrogen (secondary N) is 1. The number of hydrogen-bond acceptors (Lipinski definition) is 6. The summed E-state index contributed by atoms with van der Waals surface area (Å²) in [6.07, 6.45) is 1.63. The van der Waals surface area contributed by atoms with Crippen LogP contribution in [0.15, 0.2) is 77.4 Å². The molecule has 4 rings (SSSR count). The quantitative estimate of drug-likeness (QED) is 0.290. The van der Waals surface area contributed by atoms with Gasteiger partial charge in [-0.15, -0.1) is 0 Å². The number of nitrogens with zero attached hydrogens (tertiary/aromatic N) is 2. The molecule has 1 aliphatic heterocycles. The Morgan fingerprint density at radius 1 is 1.03 bits per heavy atom. The Labute approximate surface area is 228 Å². The Bertz CT molecular complexity index is 1420. The minimum Gasteiger partial charge on any atom is -0.465 e. The highest BCUT2D eigenvalue weighted by atomic mass is 35.5. The Hall–Kier alpha value is -3.59. The van der Waals surface area contributed by atoms with E-state index in [1.54, 1.807) is 48.5 Å². The van der Waals surface area contributed by atoms with Crippen molar-refractivity contribution in [3.8, 4) is 0 Å². The number of halogens is 2. The minimum atomic E-state index is -0.460. The van der Waals surface area contributed by atoms with Crippen LogP contribution in [0, 0.1) is 6.92 Å². The second-order valence-electron chi connectivity index (χ2n) is 7.98. The van der Waals surface area contributed by atoms with E-state index < -0.39 is 5.97 Å². The molecule has 1 aliphatic rings. The van der Waals surface area contributed by atoms with Gasteiger partial charge in [-0.2, -0.15) is 0 Å². The zero-order chi connectivity index (χ0) is 26.5. The number of benzene rings is 3. The lowest BCUT2D eigenvalue weighted by molar-refractivity contribution is -0.114. The molecule has 0 saturated heterocycles. The van der Waals surface area contributed by atoms with Gasteiger partial charge in [0.2, 0.25) is 5.91 Å². The van der Waals surface area contributed by atoms with E-state index in [9.17, 15) is 14.4 Å². The molecule has 0 radical (unpaired) electrons. The molecule has 0 atom stereocenters. The topological polar surface area (TPSA) is 88.1 Å². The summed E-state index contributed by atoms with van der Waals surface area (Å²) in [6, 6.07) is 18.8. The minimum absolute atomic E-state index is 0.00722. The molecule has 10 heteroatoms. The molecule has 0 saturated carbocycles. The largest absolute Gasteiger partial charge is 0.465 e. The summed E-state index contributed by atoms with van der Waals surface area (Å²) in [5, 5.41) is 3.92. The molecule has 0 spiro atoms. The number of esters is 1. The van der Waals surface area contributed by atoms with Gasteiger partial charge in [0.25, 0.3) is 5.91 Å². The number of carbonyl (C=O) groups is 3. The van der Waals surface area contributed by atoms with Crippen molar-refractivity contribution in [1.29, 1.82) is 0 Å². The third-order valence-corrected chi connectivity index (χ3v) is 6.97. The van der Waals surface area contributed by atoms with Gasteiger partial charge in [-0.05, 0) is 67.1 Å². The number of anilines is 2. The zero-order valence-corrected chi connectivity index (χ0v) is 22.2. The van der Waals surface area contributed by atoms with Gasteiger partial charge in [0, 0.05) is 5.69 Å². The van der Waals surface area contributed by atoms with Crippen LogP contribution in [0.5, 0.6) is 0 Å². The smallest absolute Gasteiger partial charge is 0.337 e.